The topological polar surface area (TPSA) is 20.3 Å². The van der Waals surface area contributed by atoms with Crippen molar-refractivity contribution in [2.75, 3.05) is 7.05 Å². The molecule has 0 N–H and O–H groups in total. The summed E-state index contributed by atoms with van der Waals surface area (Å²) in [5, 5.41) is 0. The van der Waals surface area contributed by atoms with Crippen molar-refractivity contribution in [3.05, 3.63) is 12.3 Å². The normalized spacial score (nSPS) is 27.5. The Morgan fingerprint density at radius 1 is 1.75 bits per heavy atom. The van der Waals surface area contributed by atoms with Crippen LogP contribution in [0.4, 0.5) is 0 Å². The van der Waals surface area contributed by atoms with Gasteiger partial charge >= 0.3 is 0 Å². The summed E-state index contributed by atoms with van der Waals surface area (Å²) in [5.74, 6) is 0.282. The summed E-state index contributed by atoms with van der Waals surface area (Å²) in [4.78, 5) is 12.4. The minimum atomic E-state index is 0.0972. The van der Waals surface area contributed by atoms with Crippen LogP contribution in [0.3, 0.4) is 0 Å². The van der Waals surface area contributed by atoms with Crippen molar-refractivity contribution in [3.63, 3.8) is 0 Å². The molecule has 0 fully saturated rings. The summed E-state index contributed by atoms with van der Waals surface area (Å²) in [6.07, 6.45) is 3.69. The van der Waals surface area contributed by atoms with Gasteiger partial charge in [-0.05, 0) is 0 Å². The van der Waals surface area contributed by atoms with E-state index < -0.39 is 0 Å². The largest absolute Gasteiger partial charge is 0.322 e. The van der Waals surface area contributed by atoms with Crippen molar-refractivity contribution in [1.82, 2.24) is 4.90 Å². The van der Waals surface area contributed by atoms with Crippen molar-refractivity contribution in [2.45, 2.75) is 6.92 Å². The number of rotatable bonds is 0. The first-order valence-corrected chi connectivity index (χ1v) is 2.67. The summed E-state index contributed by atoms with van der Waals surface area (Å²) in [7, 11) is 1.77. The molecule has 1 aliphatic heterocycles. The van der Waals surface area contributed by atoms with Gasteiger partial charge in [0.25, 0.3) is 0 Å². The third-order valence-corrected chi connectivity index (χ3v) is 1.34. The van der Waals surface area contributed by atoms with Gasteiger partial charge in [0.1, 0.15) is 0 Å². The second-order valence-electron chi connectivity index (χ2n) is 2.08. The van der Waals surface area contributed by atoms with E-state index in [1.807, 2.05) is 13.0 Å². The quantitative estimate of drug-likeness (QED) is 0.448. The molecular weight excluding hydrogens is 102 g/mol. The molecule has 0 spiro atoms. The summed E-state index contributed by atoms with van der Waals surface area (Å²) in [6.45, 7) is 1.89. The molecule has 1 heterocycles. The summed E-state index contributed by atoms with van der Waals surface area (Å²) in [6, 6.07) is 0. The standard InChI is InChI=1S/C6H9NO/c1-5-3-4-7(2)6(5)8/h3-5H,1-2H3. The molecule has 2 nitrogen and oxygen atoms in total. The maximum atomic E-state index is 10.8. The zero-order valence-electron chi connectivity index (χ0n) is 5.09. The van der Waals surface area contributed by atoms with Gasteiger partial charge in [0.05, 0.1) is 5.92 Å². The lowest BCUT2D eigenvalue weighted by atomic mass is 10.2. The maximum absolute atomic E-state index is 10.8. The van der Waals surface area contributed by atoms with Crippen molar-refractivity contribution >= 4 is 5.91 Å². The first-order chi connectivity index (χ1) is 3.72. The van der Waals surface area contributed by atoms with Crippen LogP contribution in [0, 0.1) is 5.92 Å². The minimum absolute atomic E-state index is 0.0972. The zero-order valence-corrected chi connectivity index (χ0v) is 5.09. The van der Waals surface area contributed by atoms with Crippen molar-refractivity contribution < 1.29 is 4.79 Å². The van der Waals surface area contributed by atoms with E-state index in [0.29, 0.717) is 0 Å². The van der Waals surface area contributed by atoms with E-state index in [1.165, 1.54) is 0 Å². The van der Waals surface area contributed by atoms with Crippen LogP contribution < -0.4 is 0 Å². The lowest BCUT2D eigenvalue weighted by molar-refractivity contribution is -0.128. The predicted octanol–water partition coefficient (Wildman–Crippen LogP) is 0.608. The fraction of sp³-hybridized carbons (Fsp3) is 0.500. The third-order valence-electron chi connectivity index (χ3n) is 1.34. The molecule has 0 aromatic carbocycles. The van der Waals surface area contributed by atoms with Crippen molar-refractivity contribution in [3.8, 4) is 0 Å². The molecule has 0 aromatic rings. The summed E-state index contributed by atoms with van der Waals surface area (Å²) < 4.78 is 0. The van der Waals surface area contributed by atoms with Crippen LogP contribution in [0.25, 0.3) is 0 Å². The molecule has 44 valence electrons. The summed E-state index contributed by atoms with van der Waals surface area (Å²) >= 11 is 0. The highest BCUT2D eigenvalue weighted by molar-refractivity contribution is 5.83. The van der Waals surface area contributed by atoms with Crippen molar-refractivity contribution in [1.29, 1.82) is 0 Å². The average molecular weight is 111 g/mol. The van der Waals surface area contributed by atoms with E-state index in [4.69, 9.17) is 0 Å². The van der Waals surface area contributed by atoms with Gasteiger partial charge in [-0.2, -0.15) is 0 Å². The number of hydrogen-bond donors (Lipinski definition) is 0. The molecule has 1 unspecified atom stereocenters. The van der Waals surface area contributed by atoms with Crippen LogP contribution in [0.15, 0.2) is 12.3 Å². The molecule has 0 aliphatic carbocycles. The molecular formula is C6H9NO. The molecule has 1 atom stereocenters. The fourth-order valence-corrected chi connectivity index (χ4v) is 0.735. The Morgan fingerprint density at radius 3 is 2.50 bits per heavy atom. The number of hydrogen-bond acceptors (Lipinski definition) is 1. The highest BCUT2D eigenvalue weighted by atomic mass is 16.2. The molecule has 2 heteroatoms. The van der Waals surface area contributed by atoms with E-state index in [9.17, 15) is 4.79 Å². The molecule has 0 saturated carbocycles. The fourth-order valence-electron chi connectivity index (χ4n) is 0.735. The van der Waals surface area contributed by atoms with Gasteiger partial charge in [-0.25, -0.2) is 0 Å². The SMILES string of the molecule is CC1C=CN(C)C1=O. The number of carbonyl (C=O) groups excluding carboxylic acids is 1. The van der Waals surface area contributed by atoms with Crippen LogP contribution >= 0.6 is 0 Å². The summed E-state index contributed by atoms with van der Waals surface area (Å²) in [5.41, 5.74) is 0. The van der Waals surface area contributed by atoms with Crippen LogP contribution in [-0.2, 0) is 4.79 Å². The van der Waals surface area contributed by atoms with Gasteiger partial charge in [-0.15, -0.1) is 0 Å². The second kappa shape index (κ2) is 1.62. The number of nitrogens with zero attached hydrogens (tertiary/aromatic N) is 1. The highest BCUT2D eigenvalue weighted by Gasteiger charge is 2.17. The van der Waals surface area contributed by atoms with E-state index in [-0.39, 0.29) is 11.8 Å². The Labute approximate surface area is 48.8 Å². The van der Waals surface area contributed by atoms with Gasteiger partial charge in [0, 0.05) is 13.2 Å². The first kappa shape index (κ1) is 5.35. The highest BCUT2D eigenvalue weighted by Crippen LogP contribution is 2.09. The molecule has 0 bridgehead atoms. The predicted molar refractivity (Wildman–Crippen MR) is 31.1 cm³/mol. The Bertz CT molecular complexity index is 125. The first-order valence-electron chi connectivity index (χ1n) is 2.67. The van der Waals surface area contributed by atoms with Crippen LogP contribution in [0.5, 0.6) is 0 Å². The molecule has 1 rings (SSSR count). The minimum Gasteiger partial charge on any atom is -0.322 e. The van der Waals surface area contributed by atoms with E-state index in [0.717, 1.165) is 0 Å². The zero-order chi connectivity index (χ0) is 6.15. The van der Waals surface area contributed by atoms with Crippen LogP contribution in [0.1, 0.15) is 6.92 Å². The van der Waals surface area contributed by atoms with E-state index >= 15 is 0 Å². The van der Waals surface area contributed by atoms with E-state index in [2.05, 4.69) is 0 Å². The second-order valence-corrected chi connectivity index (χ2v) is 2.08. The maximum Gasteiger partial charge on any atom is 0.232 e. The Morgan fingerprint density at radius 2 is 2.38 bits per heavy atom. The Kier molecular flexibility index (Phi) is 1.08. The average Bonchev–Trinajstić information content (AvgIpc) is 1.98. The van der Waals surface area contributed by atoms with Crippen LogP contribution in [-0.4, -0.2) is 17.9 Å². The van der Waals surface area contributed by atoms with Gasteiger partial charge in [0.2, 0.25) is 5.91 Å². The molecule has 0 saturated heterocycles. The third kappa shape index (κ3) is 0.619. The molecule has 8 heavy (non-hydrogen) atoms. The number of amides is 1. The van der Waals surface area contributed by atoms with Crippen molar-refractivity contribution in [2.24, 2.45) is 5.92 Å². The van der Waals surface area contributed by atoms with Gasteiger partial charge < -0.3 is 4.90 Å². The van der Waals surface area contributed by atoms with Crippen LogP contribution in [0.2, 0.25) is 0 Å². The lowest BCUT2D eigenvalue weighted by Gasteiger charge is -2.04. The monoisotopic (exact) mass is 111 g/mol. The smallest absolute Gasteiger partial charge is 0.232 e. The molecule has 0 radical (unpaired) electrons. The Balaban J connectivity index is 2.70. The number of carbonyl (C=O) groups is 1. The van der Waals surface area contributed by atoms with Gasteiger partial charge in [0.15, 0.2) is 0 Å². The van der Waals surface area contributed by atoms with Gasteiger partial charge in [-0.3, -0.25) is 4.79 Å². The lowest BCUT2D eigenvalue weighted by Crippen LogP contribution is -2.19. The molecule has 1 aliphatic rings. The molecule has 0 aromatic heterocycles. The molecule has 1 amide bonds. The van der Waals surface area contributed by atoms with Gasteiger partial charge in [-0.1, -0.05) is 13.0 Å². The Hall–Kier alpha value is -0.790. The van der Waals surface area contributed by atoms with E-state index in [1.54, 1.807) is 18.1 Å².